The van der Waals surface area contributed by atoms with Gasteiger partial charge in [-0.2, -0.15) is 0 Å². The average Bonchev–Trinajstić information content (AvgIpc) is 2.90. The average molecular weight is 327 g/mol. The van der Waals surface area contributed by atoms with Crippen molar-refractivity contribution < 1.29 is 9.53 Å². The standard InChI is InChI=1S/C17H26N2O2.ClH/c1-13(14-5-4-6-15(10-14)21-3)9-16(20)19-8-7-17(2,11-18)12-19;/h4-6,10,13H,7-9,11-12,18H2,1-3H3;1H. The number of rotatable bonds is 5. The highest BCUT2D eigenvalue weighted by molar-refractivity contribution is 5.85. The molecule has 1 heterocycles. The van der Waals surface area contributed by atoms with Crippen LogP contribution < -0.4 is 10.5 Å². The van der Waals surface area contributed by atoms with Crippen molar-refractivity contribution in [2.24, 2.45) is 11.1 Å². The van der Waals surface area contributed by atoms with E-state index in [4.69, 9.17) is 10.5 Å². The second-order valence-electron chi connectivity index (χ2n) is 6.46. The van der Waals surface area contributed by atoms with Gasteiger partial charge in [0.05, 0.1) is 7.11 Å². The third-order valence-corrected chi connectivity index (χ3v) is 4.55. The number of benzene rings is 1. The minimum absolute atomic E-state index is 0. The highest BCUT2D eigenvalue weighted by Gasteiger charge is 2.35. The Balaban J connectivity index is 0.00000242. The van der Waals surface area contributed by atoms with Crippen LogP contribution in [0.25, 0.3) is 0 Å². The molecule has 124 valence electrons. The molecule has 1 aromatic rings. The van der Waals surface area contributed by atoms with Crippen molar-refractivity contribution in [1.82, 2.24) is 4.90 Å². The van der Waals surface area contributed by atoms with E-state index in [2.05, 4.69) is 19.9 Å². The van der Waals surface area contributed by atoms with Crippen LogP contribution in [-0.4, -0.2) is 37.6 Å². The lowest BCUT2D eigenvalue weighted by Crippen LogP contribution is -2.34. The smallest absolute Gasteiger partial charge is 0.223 e. The fourth-order valence-electron chi connectivity index (χ4n) is 2.86. The van der Waals surface area contributed by atoms with Gasteiger partial charge in [-0.1, -0.05) is 26.0 Å². The Labute approximate surface area is 139 Å². The molecule has 2 atom stereocenters. The molecule has 0 aromatic heterocycles. The highest BCUT2D eigenvalue weighted by atomic mass is 35.5. The molecular weight excluding hydrogens is 300 g/mol. The maximum atomic E-state index is 12.4. The molecule has 5 heteroatoms. The Bertz CT molecular complexity index is 509. The number of hydrogen-bond donors (Lipinski definition) is 1. The molecule has 0 radical (unpaired) electrons. The molecule has 2 rings (SSSR count). The van der Waals surface area contributed by atoms with Crippen molar-refractivity contribution in [2.45, 2.75) is 32.6 Å². The van der Waals surface area contributed by atoms with Gasteiger partial charge >= 0.3 is 0 Å². The van der Waals surface area contributed by atoms with Gasteiger partial charge in [0.2, 0.25) is 5.91 Å². The topological polar surface area (TPSA) is 55.6 Å². The molecule has 0 aliphatic carbocycles. The van der Waals surface area contributed by atoms with Gasteiger partial charge < -0.3 is 15.4 Å². The van der Waals surface area contributed by atoms with Crippen LogP contribution in [0.15, 0.2) is 24.3 Å². The summed E-state index contributed by atoms with van der Waals surface area (Å²) < 4.78 is 5.24. The molecule has 1 fully saturated rings. The summed E-state index contributed by atoms with van der Waals surface area (Å²) in [6, 6.07) is 7.95. The van der Waals surface area contributed by atoms with Gasteiger partial charge in [-0.15, -0.1) is 12.4 Å². The Morgan fingerprint density at radius 1 is 1.50 bits per heavy atom. The first kappa shape index (κ1) is 18.8. The lowest BCUT2D eigenvalue weighted by molar-refractivity contribution is -0.130. The molecule has 1 aliphatic heterocycles. The molecule has 1 aromatic carbocycles. The first-order chi connectivity index (χ1) is 9.97. The van der Waals surface area contributed by atoms with Crippen LogP contribution >= 0.6 is 12.4 Å². The minimum Gasteiger partial charge on any atom is -0.497 e. The Hall–Kier alpha value is -1.26. The van der Waals surface area contributed by atoms with E-state index in [9.17, 15) is 4.79 Å². The van der Waals surface area contributed by atoms with Gasteiger partial charge in [0, 0.05) is 19.5 Å². The van der Waals surface area contributed by atoms with Crippen LogP contribution in [0.4, 0.5) is 0 Å². The van der Waals surface area contributed by atoms with Crippen LogP contribution in [0.2, 0.25) is 0 Å². The second-order valence-corrected chi connectivity index (χ2v) is 6.46. The van der Waals surface area contributed by atoms with Crippen LogP contribution in [0.5, 0.6) is 5.75 Å². The summed E-state index contributed by atoms with van der Waals surface area (Å²) in [5, 5.41) is 0. The van der Waals surface area contributed by atoms with E-state index in [1.165, 1.54) is 0 Å². The van der Waals surface area contributed by atoms with Gasteiger partial charge in [-0.05, 0) is 42.0 Å². The van der Waals surface area contributed by atoms with Crippen molar-refractivity contribution in [2.75, 3.05) is 26.7 Å². The van der Waals surface area contributed by atoms with Gasteiger partial charge in [-0.25, -0.2) is 0 Å². The van der Waals surface area contributed by atoms with E-state index in [1.54, 1.807) is 7.11 Å². The van der Waals surface area contributed by atoms with E-state index in [-0.39, 0.29) is 29.6 Å². The number of amides is 1. The molecule has 4 nitrogen and oxygen atoms in total. The zero-order valence-electron chi connectivity index (χ0n) is 13.7. The summed E-state index contributed by atoms with van der Waals surface area (Å²) in [6.45, 7) is 6.50. The first-order valence-electron chi connectivity index (χ1n) is 7.59. The van der Waals surface area contributed by atoms with E-state index in [1.807, 2.05) is 23.1 Å². The monoisotopic (exact) mass is 326 g/mol. The molecule has 1 saturated heterocycles. The quantitative estimate of drug-likeness (QED) is 0.905. The maximum Gasteiger partial charge on any atom is 0.223 e. The van der Waals surface area contributed by atoms with Gasteiger partial charge in [0.15, 0.2) is 0 Å². The molecule has 2 N–H and O–H groups in total. The number of halogens is 1. The molecule has 0 spiro atoms. The number of nitrogens with two attached hydrogens (primary N) is 1. The molecule has 0 bridgehead atoms. The van der Waals surface area contributed by atoms with E-state index in [0.29, 0.717) is 13.0 Å². The van der Waals surface area contributed by atoms with Gasteiger partial charge in [-0.3, -0.25) is 4.79 Å². The third-order valence-electron chi connectivity index (χ3n) is 4.55. The summed E-state index contributed by atoms with van der Waals surface area (Å²) >= 11 is 0. The number of ether oxygens (including phenoxy) is 1. The van der Waals surface area contributed by atoms with Crippen molar-refractivity contribution in [1.29, 1.82) is 0 Å². The normalized spacial score (nSPS) is 22.1. The molecule has 0 saturated carbocycles. The number of hydrogen-bond acceptors (Lipinski definition) is 3. The Morgan fingerprint density at radius 2 is 2.23 bits per heavy atom. The Kier molecular flexibility index (Phi) is 6.69. The summed E-state index contributed by atoms with van der Waals surface area (Å²) in [6.07, 6.45) is 1.54. The lowest BCUT2D eigenvalue weighted by atomic mass is 9.90. The molecule has 1 aliphatic rings. The van der Waals surface area contributed by atoms with E-state index >= 15 is 0 Å². The lowest BCUT2D eigenvalue weighted by Gasteiger charge is -2.23. The molecule has 1 amide bonds. The number of methoxy groups -OCH3 is 1. The SMILES string of the molecule is COc1cccc(C(C)CC(=O)N2CCC(C)(CN)C2)c1.Cl. The summed E-state index contributed by atoms with van der Waals surface area (Å²) in [5.74, 6) is 1.25. The second kappa shape index (κ2) is 7.84. The van der Waals surface area contributed by atoms with Crippen molar-refractivity contribution >= 4 is 18.3 Å². The van der Waals surface area contributed by atoms with Crippen molar-refractivity contribution in [3.8, 4) is 5.75 Å². The first-order valence-corrected chi connectivity index (χ1v) is 7.59. The molecular formula is C17H27ClN2O2. The highest BCUT2D eigenvalue weighted by Crippen LogP contribution is 2.30. The maximum absolute atomic E-state index is 12.4. The summed E-state index contributed by atoms with van der Waals surface area (Å²) in [5.41, 5.74) is 7.04. The predicted octanol–water partition coefficient (Wildman–Crippen LogP) is 2.81. The number of carbonyl (C=O) groups excluding carboxylic acids is 1. The zero-order valence-corrected chi connectivity index (χ0v) is 14.5. The zero-order chi connectivity index (χ0) is 15.5. The number of carbonyl (C=O) groups is 1. The molecule has 22 heavy (non-hydrogen) atoms. The number of nitrogens with zero attached hydrogens (tertiary/aromatic N) is 1. The Morgan fingerprint density at radius 3 is 2.82 bits per heavy atom. The largest absolute Gasteiger partial charge is 0.497 e. The third kappa shape index (κ3) is 4.37. The van der Waals surface area contributed by atoms with E-state index < -0.39 is 0 Å². The fourth-order valence-corrected chi connectivity index (χ4v) is 2.86. The number of likely N-dealkylation sites (tertiary alicyclic amines) is 1. The summed E-state index contributed by atoms with van der Waals surface area (Å²) in [4.78, 5) is 14.4. The predicted molar refractivity (Wildman–Crippen MR) is 91.6 cm³/mol. The summed E-state index contributed by atoms with van der Waals surface area (Å²) in [7, 11) is 1.66. The van der Waals surface area contributed by atoms with E-state index in [0.717, 1.165) is 30.8 Å². The van der Waals surface area contributed by atoms with Crippen LogP contribution in [0.1, 0.15) is 38.2 Å². The minimum atomic E-state index is 0. The van der Waals surface area contributed by atoms with Crippen LogP contribution in [-0.2, 0) is 4.79 Å². The van der Waals surface area contributed by atoms with Gasteiger partial charge in [0.25, 0.3) is 0 Å². The van der Waals surface area contributed by atoms with Crippen molar-refractivity contribution in [3.63, 3.8) is 0 Å². The molecule has 2 unspecified atom stereocenters. The van der Waals surface area contributed by atoms with Gasteiger partial charge in [0.1, 0.15) is 5.75 Å². The van der Waals surface area contributed by atoms with Crippen LogP contribution in [0, 0.1) is 5.41 Å². The fraction of sp³-hybridized carbons (Fsp3) is 0.588. The van der Waals surface area contributed by atoms with Crippen molar-refractivity contribution in [3.05, 3.63) is 29.8 Å². The van der Waals surface area contributed by atoms with Crippen LogP contribution in [0.3, 0.4) is 0 Å².